The molecule has 288 valence electrons. The Bertz CT molecular complexity index is 1910. The number of hydrogen-bond acceptors (Lipinski definition) is 10. The van der Waals surface area contributed by atoms with Crippen LogP contribution in [0.5, 0.6) is 5.88 Å². The number of nitrogens with zero attached hydrogens (tertiary/aromatic N) is 3. The maximum Gasteiger partial charge on any atom is 0.408 e. The molecule has 3 fully saturated rings. The first-order chi connectivity index (χ1) is 24.9. The van der Waals surface area contributed by atoms with E-state index >= 15 is 0 Å². The quantitative estimate of drug-likeness (QED) is 0.349. The Morgan fingerprint density at radius 3 is 2.38 bits per heavy atom. The number of allylic oxidation sites excluding steroid dienone is 1. The summed E-state index contributed by atoms with van der Waals surface area (Å²) in [5.74, 6) is -6.70. The Balaban J connectivity index is 1.33. The average Bonchev–Trinajstić information content (AvgIpc) is 3.98. The van der Waals surface area contributed by atoms with Crippen molar-refractivity contribution in [2.45, 2.75) is 126 Å². The van der Waals surface area contributed by atoms with Crippen LogP contribution in [0.1, 0.15) is 91.2 Å². The number of alkyl carbamates (subject to hydrolysis) is 1. The molecule has 0 radical (unpaired) electrons. The van der Waals surface area contributed by atoms with E-state index in [0.29, 0.717) is 44.5 Å². The third-order valence-corrected chi connectivity index (χ3v) is 11.6. The number of aromatic nitrogens is 2. The molecule has 2 aliphatic carbocycles. The zero-order chi connectivity index (χ0) is 38.3. The summed E-state index contributed by atoms with van der Waals surface area (Å²) in [6.07, 6.45) is 5.44. The maximum atomic E-state index is 14.9. The normalized spacial score (nSPS) is 27.1. The second-order valence-corrected chi connectivity index (χ2v) is 17.4. The number of halogens is 2. The van der Waals surface area contributed by atoms with Gasteiger partial charge in [-0.15, -0.1) is 0 Å². The number of ether oxygens (including phenoxy) is 2. The van der Waals surface area contributed by atoms with E-state index in [1.165, 1.54) is 11.0 Å². The number of rotatable bonds is 7. The number of nitrogens with one attached hydrogen (secondary N) is 3. The Labute approximate surface area is 306 Å². The number of benzene rings is 1. The zero-order valence-corrected chi connectivity index (χ0v) is 31.0. The van der Waals surface area contributed by atoms with Crippen molar-refractivity contribution in [3.05, 3.63) is 42.1 Å². The van der Waals surface area contributed by atoms with Gasteiger partial charge in [0.15, 0.2) is 5.69 Å². The Morgan fingerprint density at radius 2 is 1.72 bits per heavy atom. The van der Waals surface area contributed by atoms with Crippen LogP contribution in [0.3, 0.4) is 0 Å². The first-order valence-electron chi connectivity index (χ1n) is 18.0. The van der Waals surface area contributed by atoms with Gasteiger partial charge in [0.05, 0.1) is 22.8 Å². The van der Waals surface area contributed by atoms with Crippen molar-refractivity contribution in [1.82, 2.24) is 30.2 Å². The lowest BCUT2D eigenvalue weighted by Crippen LogP contribution is -2.58. The number of fused-ring (bicyclic) bond motifs is 3. The summed E-state index contributed by atoms with van der Waals surface area (Å²) in [7, 11) is -3.95. The lowest BCUT2D eigenvalue weighted by atomic mass is 10.0. The van der Waals surface area contributed by atoms with Gasteiger partial charge >= 0.3 is 6.09 Å². The van der Waals surface area contributed by atoms with Gasteiger partial charge in [-0.2, -0.15) is 8.78 Å². The van der Waals surface area contributed by atoms with Crippen molar-refractivity contribution in [1.29, 1.82) is 0 Å². The van der Waals surface area contributed by atoms with E-state index in [2.05, 4.69) is 25.3 Å². The van der Waals surface area contributed by atoms with Crippen LogP contribution >= 0.6 is 0 Å². The van der Waals surface area contributed by atoms with Gasteiger partial charge in [-0.05, 0) is 71.4 Å². The third kappa shape index (κ3) is 8.87. The molecular formula is C36H46F2N6O8S. The van der Waals surface area contributed by atoms with Crippen LogP contribution in [0.25, 0.3) is 11.0 Å². The standard InChI is InChI=1S/C36H46F2N6O8S/c1-34(2,3)52-33(48)41-26-15-9-7-5-6-8-12-21-19-36(21,32(47)43-53(49,50)23-16-17-23)42-29(45)27-18-22(20-44(27)31(26)46)51-30-28(35(4,37)38)39-24-13-10-11-14-25(24)40-30/h8,10-14,21-23,26-27H,5-7,9,15-20H2,1-4H3,(H,41,48)(H,42,45)(H,43,47). The minimum Gasteiger partial charge on any atom is -0.471 e. The molecule has 2 saturated carbocycles. The molecule has 14 nitrogen and oxygen atoms in total. The van der Waals surface area contributed by atoms with Gasteiger partial charge in [0.2, 0.25) is 27.7 Å². The molecule has 3 N–H and O–H groups in total. The SMILES string of the molecule is CC(C)(C)OC(=O)NC1CCCCCC=CC2CC2(C(=O)NS(=O)(=O)C2CC2)NC(=O)C2CC(Oc3nc4ccccc4nc3C(C)(F)F)CN2C1=O. The topological polar surface area (TPSA) is 186 Å². The molecule has 5 unspecified atom stereocenters. The smallest absolute Gasteiger partial charge is 0.408 e. The molecule has 6 rings (SSSR count). The van der Waals surface area contributed by atoms with Gasteiger partial charge in [0, 0.05) is 19.3 Å². The molecule has 17 heteroatoms. The van der Waals surface area contributed by atoms with Crippen LogP contribution in [0.4, 0.5) is 13.6 Å². The molecule has 2 aliphatic heterocycles. The van der Waals surface area contributed by atoms with Crippen molar-refractivity contribution in [2.75, 3.05) is 6.54 Å². The molecular weight excluding hydrogens is 714 g/mol. The van der Waals surface area contributed by atoms with Gasteiger partial charge in [-0.3, -0.25) is 19.1 Å². The van der Waals surface area contributed by atoms with E-state index < -0.39 is 91.8 Å². The highest BCUT2D eigenvalue weighted by Gasteiger charge is 2.62. The minimum absolute atomic E-state index is 0.131. The molecule has 3 heterocycles. The molecule has 1 aromatic heterocycles. The first kappa shape index (κ1) is 38.3. The highest BCUT2D eigenvalue weighted by Crippen LogP contribution is 2.46. The molecule has 1 aromatic carbocycles. The van der Waals surface area contributed by atoms with Crippen molar-refractivity contribution in [2.24, 2.45) is 5.92 Å². The molecule has 1 saturated heterocycles. The number of carbonyl (C=O) groups is 4. The molecule has 2 aromatic rings. The highest BCUT2D eigenvalue weighted by molar-refractivity contribution is 7.91. The monoisotopic (exact) mass is 760 g/mol. The molecule has 4 aliphatic rings. The number of alkyl halides is 2. The fraction of sp³-hybridized carbons (Fsp3) is 0.611. The lowest BCUT2D eigenvalue weighted by molar-refractivity contribution is -0.141. The molecule has 0 bridgehead atoms. The summed E-state index contributed by atoms with van der Waals surface area (Å²) < 4.78 is 69.0. The van der Waals surface area contributed by atoms with Gasteiger partial charge in [0.1, 0.15) is 29.3 Å². The van der Waals surface area contributed by atoms with Crippen LogP contribution in [-0.2, 0) is 35.1 Å². The van der Waals surface area contributed by atoms with Crippen LogP contribution < -0.4 is 20.1 Å². The van der Waals surface area contributed by atoms with Gasteiger partial charge in [-0.1, -0.05) is 37.1 Å². The highest BCUT2D eigenvalue weighted by atomic mass is 32.2. The Morgan fingerprint density at radius 1 is 1.02 bits per heavy atom. The van der Waals surface area contributed by atoms with Gasteiger partial charge < -0.3 is 25.0 Å². The van der Waals surface area contributed by atoms with Crippen LogP contribution in [0, 0.1) is 5.92 Å². The minimum atomic E-state index is -3.95. The maximum absolute atomic E-state index is 14.9. The number of carbonyl (C=O) groups excluding carboxylic acids is 4. The van der Waals surface area contributed by atoms with Crippen LogP contribution in [-0.4, -0.2) is 88.2 Å². The van der Waals surface area contributed by atoms with Crippen molar-refractivity contribution in [3.63, 3.8) is 0 Å². The predicted molar refractivity (Wildman–Crippen MR) is 188 cm³/mol. The Kier molecular flexibility index (Phi) is 10.4. The third-order valence-electron chi connectivity index (χ3n) is 9.77. The number of para-hydroxylation sites is 2. The first-order valence-corrected chi connectivity index (χ1v) is 19.6. The summed E-state index contributed by atoms with van der Waals surface area (Å²) in [4.78, 5) is 64.9. The molecule has 53 heavy (non-hydrogen) atoms. The fourth-order valence-electron chi connectivity index (χ4n) is 6.81. The van der Waals surface area contributed by atoms with E-state index in [-0.39, 0.29) is 31.3 Å². The summed E-state index contributed by atoms with van der Waals surface area (Å²) in [5, 5.41) is 4.74. The van der Waals surface area contributed by atoms with Gasteiger partial charge in [0.25, 0.3) is 11.8 Å². The molecule has 5 atom stereocenters. The fourth-order valence-corrected chi connectivity index (χ4v) is 8.17. The Hall–Kier alpha value is -4.41. The van der Waals surface area contributed by atoms with Crippen LogP contribution in [0.2, 0.25) is 0 Å². The number of sulfonamides is 1. The zero-order valence-electron chi connectivity index (χ0n) is 30.2. The molecule has 4 amide bonds. The van der Waals surface area contributed by atoms with Crippen molar-refractivity contribution in [3.8, 4) is 5.88 Å². The summed E-state index contributed by atoms with van der Waals surface area (Å²) >= 11 is 0. The summed E-state index contributed by atoms with van der Waals surface area (Å²) in [6, 6.07) is 4.01. The average molecular weight is 761 g/mol. The van der Waals surface area contributed by atoms with E-state index in [1.54, 1.807) is 45.0 Å². The number of hydrogen-bond donors (Lipinski definition) is 3. The van der Waals surface area contributed by atoms with Gasteiger partial charge in [-0.25, -0.2) is 23.2 Å². The van der Waals surface area contributed by atoms with Crippen molar-refractivity contribution >= 4 is 44.9 Å². The second-order valence-electron chi connectivity index (χ2n) is 15.4. The second kappa shape index (κ2) is 14.4. The summed E-state index contributed by atoms with van der Waals surface area (Å²) in [5.41, 5.74) is -2.67. The largest absolute Gasteiger partial charge is 0.471 e. The van der Waals surface area contributed by atoms with E-state index in [0.717, 1.165) is 6.42 Å². The van der Waals surface area contributed by atoms with E-state index in [9.17, 15) is 36.4 Å². The van der Waals surface area contributed by atoms with E-state index in [4.69, 9.17) is 9.47 Å². The predicted octanol–water partition coefficient (Wildman–Crippen LogP) is 3.99. The lowest BCUT2D eigenvalue weighted by Gasteiger charge is -2.30. The number of amides is 4. The van der Waals surface area contributed by atoms with Crippen LogP contribution in [0.15, 0.2) is 36.4 Å². The van der Waals surface area contributed by atoms with E-state index in [1.807, 2.05) is 6.08 Å². The summed E-state index contributed by atoms with van der Waals surface area (Å²) in [6.45, 7) is 5.44. The molecule has 0 spiro atoms. The van der Waals surface area contributed by atoms with Crippen molar-refractivity contribution < 1.29 is 45.9 Å².